The van der Waals surface area contributed by atoms with Crippen molar-refractivity contribution < 1.29 is 5.11 Å². The van der Waals surface area contributed by atoms with Gasteiger partial charge in [0.15, 0.2) is 0 Å². The molecule has 106 valence electrons. The lowest BCUT2D eigenvalue weighted by atomic mass is 9.63. The molecular formula is C15H25N3O. The van der Waals surface area contributed by atoms with Crippen LogP contribution >= 0.6 is 0 Å². The summed E-state index contributed by atoms with van der Waals surface area (Å²) >= 11 is 0. The van der Waals surface area contributed by atoms with E-state index in [1.807, 2.05) is 0 Å². The summed E-state index contributed by atoms with van der Waals surface area (Å²) < 4.78 is 0. The van der Waals surface area contributed by atoms with Crippen molar-refractivity contribution in [2.45, 2.75) is 64.0 Å². The minimum atomic E-state index is -0.750. The van der Waals surface area contributed by atoms with Gasteiger partial charge in [0, 0.05) is 5.92 Å². The third kappa shape index (κ3) is 1.92. The molecule has 0 saturated heterocycles. The van der Waals surface area contributed by atoms with Crippen LogP contribution in [0.5, 0.6) is 0 Å². The van der Waals surface area contributed by atoms with E-state index in [0.717, 1.165) is 37.8 Å². The van der Waals surface area contributed by atoms with Crippen LogP contribution in [0.15, 0.2) is 9.98 Å². The second-order valence-corrected chi connectivity index (χ2v) is 6.58. The number of aliphatic imine (C=N–C) groups is 2. The first-order chi connectivity index (χ1) is 9.06. The molecule has 0 spiro atoms. The molecule has 0 aromatic carbocycles. The molecule has 0 aromatic heterocycles. The van der Waals surface area contributed by atoms with E-state index in [9.17, 15) is 5.11 Å². The molecule has 4 heteroatoms. The van der Waals surface area contributed by atoms with E-state index in [1.54, 1.807) is 0 Å². The maximum atomic E-state index is 11.2. The van der Waals surface area contributed by atoms with E-state index in [2.05, 4.69) is 23.8 Å². The van der Waals surface area contributed by atoms with Crippen molar-refractivity contribution in [1.29, 1.82) is 0 Å². The van der Waals surface area contributed by atoms with E-state index in [-0.39, 0.29) is 12.0 Å². The predicted octanol–water partition coefficient (Wildman–Crippen LogP) is 2.11. The van der Waals surface area contributed by atoms with Gasteiger partial charge in [-0.2, -0.15) is 0 Å². The second kappa shape index (κ2) is 4.58. The quantitative estimate of drug-likeness (QED) is 0.818. The highest BCUT2D eigenvalue weighted by Gasteiger charge is 2.55. The molecule has 1 heterocycles. The average molecular weight is 263 g/mol. The van der Waals surface area contributed by atoms with Gasteiger partial charge in [-0.05, 0) is 37.5 Å². The summed E-state index contributed by atoms with van der Waals surface area (Å²) in [6.45, 7) is 4.33. The summed E-state index contributed by atoms with van der Waals surface area (Å²) in [6, 6.07) is 0.276. The largest absolute Gasteiger partial charge is 0.384 e. The molecule has 5 atom stereocenters. The smallest absolute Gasteiger partial charge is 0.215 e. The summed E-state index contributed by atoms with van der Waals surface area (Å²) in [6.07, 6.45) is 6.37. The molecule has 2 saturated carbocycles. The van der Waals surface area contributed by atoms with Gasteiger partial charge in [0.05, 0.1) is 11.8 Å². The first-order valence-corrected chi connectivity index (χ1v) is 7.71. The van der Waals surface area contributed by atoms with Gasteiger partial charge in [0.1, 0.15) is 5.60 Å². The van der Waals surface area contributed by atoms with Crippen LogP contribution in [0.1, 0.15) is 52.4 Å². The van der Waals surface area contributed by atoms with Crippen molar-refractivity contribution >= 4 is 11.7 Å². The van der Waals surface area contributed by atoms with Crippen LogP contribution in [0, 0.1) is 17.8 Å². The molecule has 19 heavy (non-hydrogen) atoms. The van der Waals surface area contributed by atoms with Crippen LogP contribution in [0.3, 0.4) is 0 Å². The van der Waals surface area contributed by atoms with Gasteiger partial charge >= 0.3 is 0 Å². The lowest BCUT2D eigenvalue weighted by Gasteiger charge is -2.47. The number of rotatable bonds is 3. The standard InChI is InChI=1S/C15H25N3O/c1-3-4-7-15(19)9(2)8-10-5-6-11-12(10)13(15)18-14(16)17-11/h9-12,19H,3-8H2,1-2H3,(H2,16,17)/t9-,10+,11?,12?,15?/m1/s1. The fraction of sp³-hybridized carbons (Fsp3) is 0.867. The van der Waals surface area contributed by atoms with Gasteiger partial charge in [0.2, 0.25) is 5.96 Å². The van der Waals surface area contributed by atoms with Gasteiger partial charge in [-0.15, -0.1) is 0 Å². The van der Waals surface area contributed by atoms with Crippen molar-refractivity contribution in [2.75, 3.05) is 0 Å². The summed E-state index contributed by atoms with van der Waals surface area (Å²) in [4.78, 5) is 8.99. The Morgan fingerprint density at radius 1 is 1.42 bits per heavy atom. The molecule has 0 aromatic rings. The highest BCUT2D eigenvalue weighted by Crippen LogP contribution is 2.50. The zero-order valence-electron chi connectivity index (χ0n) is 12.0. The van der Waals surface area contributed by atoms with Crippen molar-refractivity contribution in [3.8, 4) is 0 Å². The SMILES string of the molecule is CCCCC1(O)C2=NC(N)=NC3CC[C@@H](C[C@H]1C)C23. The summed E-state index contributed by atoms with van der Waals surface area (Å²) in [5.41, 5.74) is 6.08. The number of hydrogen-bond acceptors (Lipinski definition) is 4. The molecule has 2 fully saturated rings. The molecule has 3 N–H and O–H groups in total. The summed E-state index contributed by atoms with van der Waals surface area (Å²) in [7, 11) is 0. The molecule has 1 aliphatic heterocycles. The fourth-order valence-electron chi connectivity index (χ4n) is 4.38. The predicted molar refractivity (Wildman–Crippen MR) is 77.3 cm³/mol. The number of aliphatic hydroxyl groups is 1. The summed E-state index contributed by atoms with van der Waals surface area (Å²) in [5.74, 6) is 1.66. The Bertz CT molecular complexity index is 431. The maximum Gasteiger partial charge on any atom is 0.215 e. The lowest BCUT2D eigenvalue weighted by molar-refractivity contribution is 0.0107. The molecule has 3 unspecified atom stereocenters. The van der Waals surface area contributed by atoms with Gasteiger partial charge in [0.25, 0.3) is 0 Å². The molecule has 3 rings (SSSR count). The van der Waals surface area contributed by atoms with Gasteiger partial charge in [-0.25, -0.2) is 9.98 Å². The fourth-order valence-corrected chi connectivity index (χ4v) is 4.38. The third-order valence-electron chi connectivity index (χ3n) is 5.43. The van der Waals surface area contributed by atoms with Crippen LogP contribution < -0.4 is 5.73 Å². The monoisotopic (exact) mass is 263 g/mol. The first kappa shape index (κ1) is 13.1. The van der Waals surface area contributed by atoms with Crippen LogP contribution in [-0.4, -0.2) is 28.4 Å². The van der Waals surface area contributed by atoms with E-state index < -0.39 is 5.60 Å². The number of hydrogen-bond donors (Lipinski definition) is 2. The van der Waals surface area contributed by atoms with Gasteiger partial charge in [-0.1, -0.05) is 26.7 Å². The minimum Gasteiger partial charge on any atom is -0.384 e. The van der Waals surface area contributed by atoms with E-state index in [1.165, 1.54) is 6.42 Å². The van der Waals surface area contributed by atoms with E-state index in [0.29, 0.717) is 17.8 Å². The Kier molecular flexibility index (Phi) is 3.16. The van der Waals surface area contributed by atoms with Crippen LogP contribution in [0.2, 0.25) is 0 Å². The maximum absolute atomic E-state index is 11.2. The number of nitrogens with zero attached hydrogens (tertiary/aromatic N) is 2. The Morgan fingerprint density at radius 2 is 2.21 bits per heavy atom. The van der Waals surface area contributed by atoms with E-state index >= 15 is 0 Å². The Hall–Kier alpha value is -0.900. The lowest BCUT2D eigenvalue weighted by Crippen LogP contribution is -2.56. The number of guanidine groups is 1. The van der Waals surface area contributed by atoms with Crippen molar-refractivity contribution in [1.82, 2.24) is 0 Å². The first-order valence-electron chi connectivity index (χ1n) is 7.71. The van der Waals surface area contributed by atoms with Crippen LogP contribution in [0.4, 0.5) is 0 Å². The Balaban J connectivity index is 1.98. The zero-order valence-corrected chi connectivity index (χ0v) is 12.0. The number of nitrogens with two attached hydrogens (primary N) is 1. The van der Waals surface area contributed by atoms with Crippen molar-refractivity contribution in [3.63, 3.8) is 0 Å². The average Bonchev–Trinajstić information content (AvgIpc) is 2.77. The normalized spacial score (nSPS) is 44.6. The van der Waals surface area contributed by atoms with Gasteiger partial charge in [-0.3, -0.25) is 0 Å². The van der Waals surface area contributed by atoms with Crippen molar-refractivity contribution in [3.05, 3.63) is 0 Å². The molecule has 2 aliphatic carbocycles. The molecule has 4 nitrogen and oxygen atoms in total. The van der Waals surface area contributed by atoms with Crippen molar-refractivity contribution in [2.24, 2.45) is 33.5 Å². The molecule has 3 aliphatic rings. The minimum absolute atomic E-state index is 0.276. The van der Waals surface area contributed by atoms with E-state index in [4.69, 9.17) is 5.73 Å². The Labute approximate surface area is 115 Å². The highest BCUT2D eigenvalue weighted by molar-refractivity contribution is 6.05. The molecule has 0 amide bonds. The highest BCUT2D eigenvalue weighted by atomic mass is 16.3. The zero-order chi connectivity index (χ0) is 13.6. The Morgan fingerprint density at radius 3 is 2.95 bits per heavy atom. The second-order valence-electron chi connectivity index (χ2n) is 6.58. The third-order valence-corrected chi connectivity index (χ3v) is 5.43. The van der Waals surface area contributed by atoms with Crippen LogP contribution in [-0.2, 0) is 0 Å². The molecular weight excluding hydrogens is 238 g/mol. The number of unbranched alkanes of at least 4 members (excludes halogenated alkanes) is 1. The molecule has 0 radical (unpaired) electrons. The van der Waals surface area contributed by atoms with Gasteiger partial charge < -0.3 is 10.8 Å². The topological polar surface area (TPSA) is 71.0 Å². The van der Waals surface area contributed by atoms with Crippen LogP contribution in [0.25, 0.3) is 0 Å². The molecule has 0 bridgehead atoms. The summed E-state index contributed by atoms with van der Waals surface area (Å²) in [5, 5.41) is 11.2.